The first kappa shape index (κ1) is 14.0. The maximum absolute atomic E-state index is 13.6. The lowest BCUT2D eigenvalue weighted by Crippen LogP contribution is -2.39. The Balaban J connectivity index is 1.89. The van der Waals surface area contributed by atoms with Gasteiger partial charge in [-0.3, -0.25) is 0 Å². The van der Waals surface area contributed by atoms with Gasteiger partial charge in [0.2, 0.25) is 0 Å². The molecule has 3 unspecified atom stereocenters. The van der Waals surface area contributed by atoms with E-state index in [2.05, 4.69) is 20.8 Å². The fraction of sp³-hybridized carbons (Fsp3) is 0.625. The minimum Gasteiger partial charge on any atom is -0.488 e. The molecule has 1 aromatic rings. The van der Waals surface area contributed by atoms with E-state index in [1.165, 1.54) is 18.6 Å². The highest BCUT2D eigenvalue weighted by atomic mass is 35.5. The summed E-state index contributed by atoms with van der Waals surface area (Å²) in [5, 5.41) is 0.0364. The molecule has 2 nitrogen and oxygen atoms in total. The van der Waals surface area contributed by atoms with Crippen molar-refractivity contribution in [3.63, 3.8) is 0 Å². The molecular formula is C16H21ClFNO. The Bertz CT molecular complexity index is 560. The van der Waals surface area contributed by atoms with Crippen molar-refractivity contribution in [1.82, 2.24) is 0 Å². The van der Waals surface area contributed by atoms with Gasteiger partial charge in [-0.1, -0.05) is 32.4 Å². The number of hydrogen-bond acceptors (Lipinski definition) is 2. The second kappa shape index (κ2) is 4.27. The highest BCUT2D eigenvalue weighted by Crippen LogP contribution is 2.66. The van der Waals surface area contributed by atoms with E-state index in [-0.39, 0.29) is 22.0 Å². The van der Waals surface area contributed by atoms with Crippen LogP contribution in [0.1, 0.15) is 40.0 Å². The van der Waals surface area contributed by atoms with E-state index in [0.29, 0.717) is 17.4 Å². The first-order valence-corrected chi connectivity index (χ1v) is 7.54. The molecule has 1 aromatic carbocycles. The zero-order chi connectivity index (χ0) is 14.7. The Morgan fingerprint density at radius 2 is 2.05 bits per heavy atom. The van der Waals surface area contributed by atoms with E-state index >= 15 is 0 Å². The summed E-state index contributed by atoms with van der Waals surface area (Å²) in [6.45, 7) is 6.92. The van der Waals surface area contributed by atoms with Crippen LogP contribution in [0.4, 0.5) is 10.1 Å². The van der Waals surface area contributed by atoms with Gasteiger partial charge in [0.25, 0.3) is 0 Å². The molecule has 110 valence electrons. The zero-order valence-electron chi connectivity index (χ0n) is 12.2. The summed E-state index contributed by atoms with van der Waals surface area (Å²) in [4.78, 5) is 0. The van der Waals surface area contributed by atoms with E-state index in [1.54, 1.807) is 0 Å². The van der Waals surface area contributed by atoms with Crippen LogP contribution >= 0.6 is 11.6 Å². The minimum atomic E-state index is -0.483. The van der Waals surface area contributed by atoms with Crippen LogP contribution < -0.4 is 10.5 Å². The van der Waals surface area contributed by atoms with Gasteiger partial charge in [-0.25, -0.2) is 4.39 Å². The average Bonchev–Trinajstić information content (AvgIpc) is 2.69. The highest BCUT2D eigenvalue weighted by Gasteiger charge is 2.62. The number of hydrogen-bond donors (Lipinski definition) is 1. The minimum absolute atomic E-state index is 0.0364. The van der Waals surface area contributed by atoms with Gasteiger partial charge in [-0.2, -0.15) is 0 Å². The molecular weight excluding hydrogens is 277 g/mol. The predicted molar refractivity (Wildman–Crippen MR) is 79.5 cm³/mol. The third-order valence-corrected chi connectivity index (χ3v) is 6.33. The lowest BCUT2D eigenvalue weighted by atomic mass is 9.70. The number of nitrogens with two attached hydrogens (primary N) is 1. The van der Waals surface area contributed by atoms with E-state index in [9.17, 15) is 4.39 Å². The standard InChI is InChI=1S/C16H21ClFNO/c1-15(2)9-4-5-16(15,3)14(6-9)20-13-8-11(18)10(17)7-12(13)19/h7-9,14H,4-6,19H2,1-3H3. The summed E-state index contributed by atoms with van der Waals surface area (Å²) in [5.74, 6) is 0.612. The van der Waals surface area contributed by atoms with Gasteiger partial charge in [0, 0.05) is 11.5 Å². The number of fused-ring (bicyclic) bond motifs is 2. The van der Waals surface area contributed by atoms with Crippen LogP contribution in [0.5, 0.6) is 5.75 Å². The normalized spacial score (nSPS) is 34.5. The second-order valence-corrected chi connectivity index (χ2v) is 7.43. The monoisotopic (exact) mass is 297 g/mol. The van der Waals surface area contributed by atoms with Crippen LogP contribution in [0.3, 0.4) is 0 Å². The quantitative estimate of drug-likeness (QED) is 0.806. The Kier molecular flexibility index (Phi) is 2.99. The van der Waals surface area contributed by atoms with Gasteiger partial charge in [0.1, 0.15) is 17.7 Å². The Morgan fingerprint density at radius 1 is 1.35 bits per heavy atom. The number of halogens is 2. The molecule has 2 aliphatic rings. The smallest absolute Gasteiger partial charge is 0.145 e. The number of rotatable bonds is 2. The molecule has 2 saturated carbocycles. The third-order valence-electron chi connectivity index (χ3n) is 6.04. The van der Waals surface area contributed by atoms with Crippen molar-refractivity contribution in [2.24, 2.45) is 16.7 Å². The molecule has 4 heteroatoms. The van der Waals surface area contributed by atoms with Crippen LogP contribution in [-0.2, 0) is 0 Å². The second-order valence-electron chi connectivity index (χ2n) is 7.02. The Labute approximate surface area is 124 Å². The highest BCUT2D eigenvalue weighted by molar-refractivity contribution is 6.31. The molecule has 3 rings (SSSR count). The average molecular weight is 298 g/mol. The Morgan fingerprint density at radius 3 is 2.60 bits per heavy atom. The maximum atomic E-state index is 13.6. The van der Waals surface area contributed by atoms with Crippen molar-refractivity contribution in [3.05, 3.63) is 23.0 Å². The van der Waals surface area contributed by atoms with Crippen molar-refractivity contribution in [3.8, 4) is 5.75 Å². The predicted octanol–water partition coefficient (Wildman–Crippen LogP) is 4.65. The van der Waals surface area contributed by atoms with Crippen LogP contribution in [-0.4, -0.2) is 6.10 Å². The molecule has 2 aliphatic carbocycles. The molecule has 20 heavy (non-hydrogen) atoms. The van der Waals surface area contributed by atoms with E-state index < -0.39 is 5.82 Å². The number of ether oxygens (including phenoxy) is 1. The molecule has 0 spiro atoms. The third kappa shape index (κ3) is 1.75. The van der Waals surface area contributed by atoms with Crippen molar-refractivity contribution < 1.29 is 9.13 Å². The largest absolute Gasteiger partial charge is 0.488 e. The summed E-state index contributed by atoms with van der Waals surface area (Å²) in [6.07, 6.45) is 3.53. The van der Waals surface area contributed by atoms with Crippen molar-refractivity contribution >= 4 is 17.3 Å². The molecule has 3 atom stereocenters. The maximum Gasteiger partial charge on any atom is 0.145 e. The van der Waals surface area contributed by atoms with Crippen molar-refractivity contribution in [1.29, 1.82) is 0 Å². The lowest BCUT2D eigenvalue weighted by Gasteiger charge is -2.39. The summed E-state index contributed by atoms with van der Waals surface area (Å²) in [7, 11) is 0. The van der Waals surface area contributed by atoms with Crippen LogP contribution in [0.25, 0.3) is 0 Å². The van der Waals surface area contributed by atoms with Crippen molar-refractivity contribution in [2.75, 3.05) is 5.73 Å². The van der Waals surface area contributed by atoms with Crippen LogP contribution in [0.15, 0.2) is 12.1 Å². The number of anilines is 1. The first-order valence-electron chi connectivity index (χ1n) is 7.17. The van der Waals surface area contributed by atoms with E-state index in [4.69, 9.17) is 22.1 Å². The molecule has 0 amide bonds. The van der Waals surface area contributed by atoms with Crippen molar-refractivity contribution in [2.45, 2.75) is 46.1 Å². The molecule has 2 fully saturated rings. The SMILES string of the molecule is CC1(C)C2CCC1(C)C(Oc1cc(F)c(Cl)cc1N)C2. The fourth-order valence-corrected chi connectivity index (χ4v) is 4.28. The van der Waals surface area contributed by atoms with Crippen LogP contribution in [0, 0.1) is 22.6 Å². The summed E-state index contributed by atoms with van der Waals surface area (Å²) in [5.41, 5.74) is 6.69. The number of benzene rings is 1. The van der Waals surface area contributed by atoms with Gasteiger partial charge in [0.05, 0.1) is 10.7 Å². The summed E-state index contributed by atoms with van der Waals surface area (Å²) >= 11 is 5.73. The molecule has 0 saturated heterocycles. The lowest BCUT2D eigenvalue weighted by molar-refractivity contribution is 0.0305. The first-order chi connectivity index (χ1) is 9.25. The van der Waals surface area contributed by atoms with Gasteiger partial charge >= 0.3 is 0 Å². The summed E-state index contributed by atoms with van der Waals surface area (Å²) < 4.78 is 19.7. The molecule has 0 radical (unpaired) electrons. The van der Waals surface area contributed by atoms with E-state index in [0.717, 1.165) is 12.8 Å². The van der Waals surface area contributed by atoms with Gasteiger partial charge in [-0.15, -0.1) is 0 Å². The molecule has 2 bridgehead atoms. The molecule has 0 aromatic heterocycles. The zero-order valence-corrected chi connectivity index (χ0v) is 12.9. The van der Waals surface area contributed by atoms with Gasteiger partial charge in [-0.05, 0) is 36.7 Å². The molecule has 2 N–H and O–H groups in total. The summed E-state index contributed by atoms with van der Waals surface area (Å²) in [6, 6.07) is 2.73. The number of nitrogen functional groups attached to an aromatic ring is 1. The van der Waals surface area contributed by atoms with Crippen LogP contribution in [0.2, 0.25) is 5.02 Å². The Hall–Kier alpha value is -0.960. The van der Waals surface area contributed by atoms with Gasteiger partial charge in [0.15, 0.2) is 0 Å². The van der Waals surface area contributed by atoms with E-state index in [1.807, 2.05) is 0 Å². The topological polar surface area (TPSA) is 35.2 Å². The fourth-order valence-electron chi connectivity index (χ4n) is 4.11. The molecule has 0 aliphatic heterocycles. The molecule has 0 heterocycles. The van der Waals surface area contributed by atoms with Gasteiger partial charge < -0.3 is 10.5 Å².